The van der Waals surface area contributed by atoms with E-state index < -0.39 is 19.8 Å². The number of carboxylic acids is 1. The number of nitrogen functional groups attached to an aromatic ring is 1. The summed E-state index contributed by atoms with van der Waals surface area (Å²) in [5.41, 5.74) is 6.89. The number of nitrogens with two attached hydrogens (primary N) is 1. The van der Waals surface area contributed by atoms with Crippen molar-refractivity contribution in [1.29, 1.82) is 0 Å². The summed E-state index contributed by atoms with van der Waals surface area (Å²) in [6.07, 6.45) is 3.08. The Kier molecular flexibility index (Phi) is 7.18. The molecule has 2 atom stereocenters. The van der Waals surface area contributed by atoms with Gasteiger partial charge in [-0.25, -0.2) is 9.55 Å². The van der Waals surface area contributed by atoms with Crippen molar-refractivity contribution >= 4 is 42.4 Å². The fourth-order valence-corrected chi connectivity index (χ4v) is 5.56. The van der Waals surface area contributed by atoms with Gasteiger partial charge >= 0.3 is 13.7 Å². The van der Waals surface area contributed by atoms with E-state index in [4.69, 9.17) is 31.1 Å². The van der Waals surface area contributed by atoms with Crippen molar-refractivity contribution in [3.63, 3.8) is 0 Å². The summed E-state index contributed by atoms with van der Waals surface area (Å²) in [7, 11) is -1.10. The summed E-state index contributed by atoms with van der Waals surface area (Å²) >= 11 is 5.91. The SMILES string of the molecule is COc1nc(N)nc2c1ncn2C1CC(COP(=O)(Oc2ccc(Cl)cc2)N(C)C(C)C(=O)O)C1. The van der Waals surface area contributed by atoms with Gasteiger partial charge in [0.1, 0.15) is 11.8 Å². The van der Waals surface area contributed by atoms with Crippen molar-refractivity contribution in [2.75, 3.05) is 26.5 Å². The first-order valence-corrected chi connectivity index (χ1v) is 12.7. The van der Waals surface area contributed by atoms with Crippen molar-refractivity contribution in [3.05, 3.63) is 35.6 Å². The molecule has 1 fully saturated rings. The van der Waals surface area contributed by atoms with Crippen LogP contribution in [0, 0.1) is 5.92 Å². The van der Waals surface area contributed by atoms with E-state index in [9.17, 15) is 14.5 Å². The minimum atomic E-state index is -3.99. The molecule has 188 valence electrons. The molecule has 0 aliphatic heterocycles. The fraction of sp³-hybridized carbons (Fsp3) is 0.429. The molecule has 0 saturated heterocycles. The third-order valence-corrected chi connectivity index (χ3v) is 8.30. The molecular formula is C21H26ClN6O6P. The number of imidazole rings is 1. The van der Waals surface area contributed by atoms with Gasteiger partial charge in [0.25, 0.3) is 0 Å². The van der Waals surface area contributed by atoms with Crippen LogP contribution in [0.4, 0.5) is 5.95 Å². The third-order valence-electron chi connectivity index (χ3n) is 6.02. The van der Waals surface area contributed by atoms with E-state index >= 15 is 0 Å². The van der Waals surface area contributed by atoms with Crippen LogP contribution in [0.25, 0.3) is 11.2 Å². The van der Waals surface area contributed by atoms with Gasteiger partial charge in [0, 0.05) is 11.1 Å². The molecule has 3 aromatic rings. The Hall–Kier alpha value is -2.92. The second-order valence-electron chi connectivity index (χ2n) is 8.30. The number of methoxy groups -OCH3 is 1. The lowest BCUT2D eigenvalue weighted by atomic mass is 9.81. The van der Waals surface area contributed by atoms with Crippen LogP contribution in [0.5, 0.6) is 11.6 Å². The lowest BCUT2D eigenvalue weighted by molar-refractivity contribution is -0.140. The van der Waals surface area contributed by atoms with Crippen LogP contribution >= 0.6 is 19.3 Å². The molecule has 4 rings (SSSR count). The number of carbonyl (C=O) groups is 1. The molecule has 0 radical (unpaired) electrons. The lowest BCUT2D eigenvalue weighted by Crippen LogP contribution is -2.36. The van der Waals surface area contributed by atoms with E-state index in [2.05, 4.69) is 15.0 Å². The zero-order valence-electron chi connectivity index (χ0n) is 19.4. The fourth-order valence-electron chi connectivity index (χ4n) is 3.76. The number of aliphatic carboxylic acids is 1. The van der Waals surface area contributed by atoms with Gasteiger partial charge in [-0.05, 0) is 57.0 Å². The number of nitrogens with zero attached hydrogens (tertiary/aromatic N) is 5. The van der Waals surface area contributed by atoms with E-state index in [0.29, 0.717) is 34.9 Å². The number of likely N-dealkylation sites (N-methyl/N-ethyl adjacent to an activating group) is 1. The molecule has 14 heteroatoms. The van der Waals surface area contributed by atoms with Crippen LogP contribution in [0.15, 0.2) is 30.6 Å². The number of hydrogen-bond donors (Lipinski definition) is 2. The molecule has 2 heterocycles. The summed E-state index contributed by atoms with van der Waals surface area (Å²) in [5, 5.41) is 9.89. The summed E-state index contributed by atoms with van der Waals surface area (Å²) in [5.74, 6) is -0.435. The first kappa shape index (κ1) is 25.2. The number of anilines is 1. The van der Waals surface area contributed by atoms with Gasteiger partial charge in [-0.1, -0.05) is 11.6 Å². The topological polar surface area (TPSA) is 155 Å². The van der Waals surface area contributed by atoms with Gasteiger partial charge in [0.15, 0.2) is 11.2 Å². The maximum absolute atomic E-state index is 13.7. The van der Waals surface area contributed by atoms with Crippen molar-refractivity contribution in [1.82, 2.24) is 24.2 Å². The number of benzene rings is 1. The number of halogens is 1. The summed E-state index contributed by atoms with van der Waals surface area (Å²) < 4.78 is 33.4. The van der Waals surface area contributed by atoms with Crippen molar-refractivity contribution in [3.8, 4) is 11.6 Å². The van der Waals surface area contributed by atoms with Gasteiger partial charge in [-0.2, -0.15) is 14.6 Å². The third kappa shape index (κ3) is 5.20. The molecule has 1 aliphatic carbocycles. The Labute approximate surface area is 206 Å². The smallest absolute Gasteiger partial charge is 0.461 e. The lowest BCUT2D eigenvalue weighted by Gasteiger charge is -2.37. The predicted molar refractivity (Wildman–Crippen MR) is 129 cm³/mol. The number of hydrogen-bond acceptors (Lipinski definition) is 9. The normalized spacial score (nSPS) is 20.3. The van der Waals surface area contributed by atoms with Crippen LogP contribution in [0.1, 0.15) is 25.8 Å². The number of fused-ring (bicyclic) bond motifs is 1. The van der Waals surface area contributed by atoms with E-state index in [1.165, 1.54) is 21.1 Å². The molecule has 35 heavy (non-hydrogen) atoms. The average molecular weight is 525 g/mol. The number of rotatable bonds is 10. The highest BCUT2D eigenvalue weighted by Gasteiger charge is 2.41. The standard InChI is InChI=1S/C21H26ClN6O6P/c1-12(20(29)30)27(2)35(31,34-16-6-4-14(22)5-7-16)33-10-13-8-15(9-13)28-11-24-17-18(28)25-21(23)26-19(17)32-3/h4-7,11-13,15H,8-10H2,1-3H3,(H,29,30)(H2,23,25,26). The van der Waals surface area contributed by atoms with E-state index in [-0.39, 0.29) is 30.3 Å². The van der Waals surface area contributed by atoms with E-state index in [1.54, 1.807) is 30.6 Å². The maximum atomic E-state index is 13.7. The molecule has 3 N–H and O–H groups in total. The minimum absolute atomic E-state index is 0.0641. The molecule has 2 aromatic heterocycles. The van der Waals surface area contributed by atoms with E-state index in [0.717, 1.165) is 4.67 Å². The Bertz CT molecular complexity index is 1270. The second kappa shape index (κ2) is 9.98. The van der Waals surface area contributed by atoms with Gasteiger partial charge in [0.05, 0.1) is 20.0 Å². The maximum Gasteiger partial charge on any atom is 0.461 e. The first-order chi connectivity index (χ1) is 16.6. The molecule has 12 nitrogen and oxygen atoms in total. The summed E-state index contributed by atoms with van der Waals surface area (Å²) in [6.45, 7) is 1.53. The number of aromatic nitrogens is 4. The van der Waals surface area contributed by atoms with Crippen molar-refractivity contribution in [2.24, 2.45) is 5.92 Å². The number of carboxylic acid groups (broad SMARTS) is 1. The number of ether oxygens (including phenoxy) is 1. The van der Waals surface area contributed by atoms with Crippen LogP contribution in [0.2, 0.25) is 5.02 Å². The van der Waals surface area contributed by atoms with Gasteiger partial charge < -0.3 is 24.7 Å². The first-order valence-electron chi connectivity index (χ1n) is 10.8. The molecule has 0 bridgehead atoms. The van der Waals surface area contributed by atoms with E-state index in [1.807, 2.05) is 4.57 Å². The van der Waals surface area contributed by atoms with Crippen molar-refractivity contribution in [2.45, 2.75) is 31.8 Å². The Morgan fingerprint density at radius 3 is 2.66 bits per heavy atom. The molecular weight excluding hydrogens is 499 g/mol. The molecule has 0 amide bonds. The minimum Gasteiger partial charge on any atom is -0.480 e. The molecule has 1 aliphatic rings. The quantitative estimate of drug-likeness (QED) is 0.373. The van der Waals surface area contributed by atoms with Crippen LogP contribution in [0.3, 0.4) is 0 Å². The Balaban J connectivity index is 1.45. The predicted octanol–water partition coefficient (Wildman–Crippen LogP) is 3.63. The zero-order valence-corrected chi connectivity index (χ0v) is 21.0. The average Bonchev–Trinajstić information content (AvgIpc) is 3.21. The van der Waals surface area contributed by atoms with Crippen LogP contribution in [-0.2, 0) is 13.9 Å². The van der Waals surface area contributed by atoms with Gasteiger partial charge in [-0.3, -0.25) is 9.32 Å². The highest BCUT2D eigenvalue weighted by molar-refractivity contribution is 7.51. The van der Waals surface area contributed by atoms with Gasteiger partial charge in [0.2, 0.25) is 11.8 Å². The highest BCUT2D eigenvalue weighted by atomic mass is 35.5. The van der Waals surface area contributed by atoms with Crippen LogP contribution in [-0.4, -0.2) is 62.1 Å². The largest absolute Gasteiger partial charge is 0.480 e. The zero-order chi connectivity index (χ0) is 25.3. The van der Waals surface area contributed by atoms with Crippen molar-refractivity contribution < 1.29 is 28.3 Å². The monoisotopic (exact) mass is 524 g/mol. The summed E-state index contributed by atoms with van der Waals surface area (Å²) in [6, 6.07) is 5.24. The molecule has 2 unspecified atom stereocenters. The summed E-state index contributed by atoms with van der Waals surface area (Å²) in [4.78, 5) is 24.2. The highest BCUT2D eigenvalue weighted by Crippen LogP contribution is 2.54. The Morgan fingerprint density at radius 2 is 2.03 bits per heavy atom. The Morgan fingerprint density at radius 1 is 1.34 bits per heavy atom. The van der Waals surface area contributed by atoms with Gasteiger partial charge in [-0.15, -0.1) is 0 Å². The molecule has 1 aromatic carbocycles. The molecule has 1 saturated carbocycles. The second-order valence-corrected chi connectivity index (χ2v) is 10.7. The molecule has 0 spiro atoms. The van der Waals surface area contributed by atoms with Crippen LogP contribution < -0.4 is 15.0 Å².